The van der Waals surface area contributed by atoms with Gasteiger partial charge in [-0.2, -0.15) is 0 Å². The van der Waals surface area contributed by atoms with E-state index in [1.807, 2.05) is 0 Å². The van der Waals surface area contributed by atoms with Crippen LogP contribution in [0.15, 0.2) is 12.1 Å². The molecule has 6 heteroatoms. The number of aliphatic hydroxyl groups excluding tert-OH is 1. The van der Waals surface area contributed by atoms with Crippen molar-refractivity contribution in [2.24, 2.45) is 5.92 Å². The fourth-order valence-electron chi connectivity index (χ4n) is 2.34. The van der Waals surface area contributed by atoms with E-state index in [9.17, 15) is 15.2 Å². The first-order valence-corrected chi connectivity index (χ1v) is 6.12. The van der Waals surface area contributed by atoms with Crippen molar-refractivity contribution in [1.29, 1.82) is 0 Å². The molecule has 0 bridgehead atoms. The van der Waals surface area contributed by atoms with E-state index < -0.39 is 4.92 Å². The second-order valence-electron chi connectivity index (χ2n) is 4.70. The van der Waals surface area contributed by atoms with Gasteiger partial charge in [0, 0.05) is 18.5 Å². The molecule has 1 saturated carbocycles. The summed E-state index contributed by atoms with van der Waals surface area (Å²) in [6, 6.07) is 3.06. The van der Waals surface area contributed by atoms with Crippen molar-refractivity contribution in [3.8, 4) is 0 Å². The Morgan fingerprint density at radius 2 is 2.33 bits per heavy atom. The van der Waals surface area contributed by atoms with Gasteiger partial charge in [-0.15, -0.1) is 0 Å². The number of hydrogen-bond donors (Lipinski definition) is 2. The van der Waals surface area contributed by atoms with Crippen molar-refractivity contribution in [3.63, 3.8) is 0 Å². The van der Waals surface area contributed by atoms with Gasteiger partial charge in [-0.3, -0.25) is 10.1 Å². The molecule has 98 valence electrons. The normalized spacial score (nSPS) is 23.0. The summed E-state index contributed by atoms with van der Waals surface area (Å²) in [5.41, 5.74) is 0.429. The average molecular weight is 251 g/mol. The quantitative estimate of drug-likeness (QED) is 0.630. The molecule has 6 nitrogen and oxygen atoms in total. The summed E-state index contributed by atoms with van der Waals surface area (Å²) in [4.78, 5) is 14.4. The van der Waals surface area contributed by atoms with E-state index in [1.54, 1.807) is 13.0 Å². The van der Waals surface area contributed by atoms with E-state index in [2.05, 4.69) is 10.3 Å². The van der Waals surface area contributed by atoms with Crippen LogP contribution < -0.4 is 5.32 Å². The van der Waals surface area contributed by atoms with E-state index in [0.717, 1.165) is 19.3 Å². The molecule has 1 aromatic heterocycles. The number of aromatic nitrogens is 1. The number of hydrogen-bond acceptors (Lipinski definition) is 5. The lowest BCUT2D eigenvalue weighted by Gasteiger charge is -2.15. The fourth-order valence-corrected chi connectivity index (χ4v) is 2.34. The number of rotatable bonds is 4. The monoisotopic (exact) mass is 251 g/mol. The van der Waals surface area contributed by atoms with E-state index in [1.165, 1.54) is 6.07 Å². The second-order valence-corrected chi connectivity index (χ2v) is 4.70. The predicted octanol–water partition coefficient (Wildman–Crippen LogP) is 1.87. The van der Waals surface area contributed by atoms with Crippen LogP contribution in [0.4, 0.5) is 11.5 Å². The molecule has 2 rings (SSSR count). The number of nitrogens with one attached hydrogen (secondary N) is 1. The number of pyridine rings is 1. The summed E-state index contributed by atoms with van der Waals surface area (Å²) in [5, 5.41) is 23.5. The molecule has 0 aliphatic heterocycles. The van der Waals surface area contributed by atoms with Crippen molar-refractivity contribution >= 4 is 11.5 Å². The molecule has 1 aliphatic carbocycles. The Bertz CT molecular complexity index is 450. The highest BCUT2D eigenvalue weighted by molar-refractivity contribution is 5.44. The highest BCUT2D eigenvalue weighted by Gasteiger charge is 2.24. The highest BCUT2D eigenvalue weighted by Crippen LogP contribution is 2.26. The van der Waals surface area contributed by atoms with Crippen molar-refractivity contribution in [3.05, 3.63) is 27.9 Å². The Labute approximate surface area is 105 Å². The minimum Gasteiger partial charge on any atom is -0.393 e. The molecule has 0 radical (unpaired) electrons. The fraction of sp³-hybridized carbons (Fsp3) is 0.583. The Balaban J connectivity index is 1.98. The minimum atomic E-state index is -0.438. The molecule has 18 heavy (non-hydrogen) atoms. The minimum absolute atomic E-state index is 0.0291. The van der Waals surface area contributed by atoms with E-state index in [0.29, 0.717) is 18.1 Å². The first kappa shape index (κ1) is 12.8. The molecule has 1 aliphatic rings. The maximum absolute atomic E-state index is 10.7. The van der Waals surface area contributed by atoms with Crippen molar-refractivity contribution < 1.29 is 10.0 Å². The highest BCUT2D eigenvalue weighted by atomic mass is 16.6. The number of anilines is 1. The van der Waals surface area contributed by atoms with E-state index >= 15 is 0 Å². The molecule has 0 aromatic carbocycles. The molecule has 2 N–H and O–H groups in total. The van der Waals surface area contributed by atoms with Gasteiger partial charge in [-0.1, -0.05) is 6.42 Å². The zero-order chi connectivity index (χ0) is 13.1. The predicted molar refractivity (Wildman–Crippen MR) is 67.5 cm³/mol. The third-order valence-electron chi connectivity index (χ3n) is 3.42. The van der Waals surface area contributed by atoms with Crippen LogP contribution in [0.25, 0.3) is 0 Å². The number of nitro groups is 1. The third-order valence-corrected chi connectivity index (χ3v) is 3.42. The van der Waals surface area contributed by atoms with E-state index in [-0.39, 0.29) is 17.7 Å². The van der Waals surface area contributed by atoms with Crippen molar-refractivity contribution in [2.75, 3.05) is 11.9 Å². The maximum atomic E-state index is 10.7. The Hall–Kier alpha value is -1.69. The van der Waals surface area contributed by atoms with Gasteiger partial charge < -0.3 is 10.4 Å². The van der Waals surface area contributed by atoms with Crippen molar-refractivity contribution in [1.82, 2.24) is 4.98 Å². The largest absolute Gasteiger partial charge is 0.393 e. The molecular formula is C12H17N3O3. The SMILES string of the molecule is Cc1nc(NCC2CCCC2O)ccc1[N+](=O)[O-]. The first-order chi connectivity index (χ1) is 8.58. The Kier molecular flexibility index (Phi) is 3.76. The van der Waals surface area contributed by atoms with Gasteiger partial charge in [0.15, 0.2) is 0 Å². The second kappa shape index (κ2) is 5.30. The number of aryl methyl sites for hydroxylation is 1. The lowest BCUT2D eigenvalue weighted by atomic mass is 10.1. The van der Waals surface area contributed by atoms with Gasteiger partial charge in [-0.25, -0.2) is 4.98 Å². The third kappa shape index (κ3) is 2.76. The van der Waals surface area contributed by atoms with Gasteiger partial charge in [0.2, 0.25) is 0 Å². The topological polar surface area (TPSA) is 88.3 Å². The molecule has 0 amide bonds. The summed E-state index contributed by atoms with van der Waals surface area (Å²) in [7, 11) is 0. The molecule has 1 heterocycles. The van der Waals surface area contributed by atoms with Crippen LogP contribution in [0, 0.1) is 23.0 Å². The molecule has 0 spiro atoms. The van der Waals surface area contributed by atoms with Crippen LogP contribution in [0.3, 0.4) is 0 Å². The van der Waals surface area contributed by atoms with E-state index in [4.69, 9.17) is 0 Å². The maximum Gasteiger partial charge on any atom is 0.290 e. The molecule has 2 unspecified atom stereocenters. The average Bonchev–Trinajstić information content (AvgIpc) is 2.72. The van der Waals surface area contributed by atoms with Gasteiger partial charge in [0.25, 0.3) is 5.69 Å². The number of aliphatic hydroxyl groups is 1. The zero-order valence-corrected chi connectivity index (χ0v) is 10.3. The smallest absolute Gasteiger partial charge is 0.290 e. The van der Waals surface area contributed by atoms with Crippen LogP contribution in [0.1, 0.15) is 25.0 Å². The lowest BCUT2D eigenvalue weighted by Crippen LogP contribution is -2.22. The molecule has 2 atom stereocenters. The van der Waals surface area contributed by atoms with Crippen LogP contribution in [-0.4, -0.2) is 27.7 Å². The summed E-state index contributed by atoms with van der Waals surface area (Å²) >= 11 is 0. The standard InChI is InChI=1S/C12H17N3O3/c1-8-10(15(17)18)5-6-12(14-8)13-7-9-3-2-4-11(9)16/h5-6,9,11,16H,2-4,7H2,1H3,(H,13,14). The molecule has 1 aromatic rings. The van der Waals surface area contributed by atoms with Crippen LogP contribution >= 0.6 is 0 Å². The van der Waals surface area contributed by atoms with Gasteiger partial charge in [0.05, 0.1) is 11.0 Å². The summed E-state index contributed by atoms with van der Waals surface area (Å²) < 4.78 is 0. The van der Waals surface area contributed by atoms with Gasteiger partial charge in [0.1, 0.15) is 11.5 Å². The molecular weight excluding hydrogens is 234 g/mol. The molecule has 0 saturated heterocycles. The summed E-state index contributed by atoms with van der Waals surface area (Å²) in [6.07, 6.45) is 2.69. The zero-order valence-electron chi connectivity index (χ0n) is 10.3. The number of nitrogens with zero attached hydrogens (tertiary/aromatic N) is 2. The summed E-state index contributed by atoms with van der Waals surface area (Å²) in [5.74, 6) is 0.875. The first-order valence-electron chi connectivity index (χ1n) is 6.12. The molecule has 1 fully saturated rings. The van der Waals surface area contributed by atoms with Crippen LogP contribution in [0.2, 0.25) is 0 Å². The Morgan fingerprint density at radius 3 is 2.89 bits per heavy atom. The van der Waals surface area contributed by atoms with Gasteiger partial charge >= 0.3 is 0 Å². The van der Waals surface area contributed by atoms with Gasteiger partial charge in [-0.05, 0) is 25.8 Å². The van der Waals surface area contributed by atoms with Crippen molar-refractivity contribution in [2.45, 2.75) is 32.3 Å². The Morgan fingerprint density at radius 1 is 1.56 bits per heavy atom. The van der Waals surface area contributed by atoms with Crippen LogP contribution in [-0.2, 0) is 0 Å². The van der Waals surface area contributed by atoms with Crippen LogP contribution in [0.5, 0.6) is 0 Å². The summed E-state index contributed by atoms with van der Waals surface area (Å²) in [6.45, 7) is 2.28. The lowest BCUT2D eigenvalue weighted by molar-refractivity contribution is -0.385.